The van der Waals surface area contributed by atoms with Crippen molar-refractivity contribution in [3.63, 3.8) is 0 Å². The summed E-state index contributed by atoms with van der Waals surface area (Å²) < 4.78 is 40.5. The lowest BCUT2D eigenvalue weighted by Crippen LogP contribution is -2.29. The van der Waals surface area contributed by atoms with E-state index in [0.717, 1.165) is 12.8 Å². The summed E-state index contributed by atoms with van der Waals surface area (Å²) in [7, 11) is 1.67. The molecular formula is C25H32F2N4O5. The Morgan fingerprint density at radius 3 is 2.69 bits per heavy atom. The summed E-state index contributed by atoms with van der Waals surface area (Å²) in [4.78, 5) is 27.6. The van der Waals surface area contributed by atoms with Crippen molar-refractivity contribution in [2.24, 2.45) is 18.9 Å². The van der Waals surface area contributed by atoms with Crippen LogP contribution >= 0.6 is 0 Å². The van der Waals surface area contributed by atoms with Crippen molar-refractivity contribution in [3.05, 3.63) is 29.7 Å². The van der Waals surface area contributed by atoms with Crippen LogP contribution in [0.5, 0.6) is 5.75 Å². The monoisotopic (exact) mass is 506 g/mol. The van der Waals surface area contributed by atoms with Crippen LogP contribution in [0.15, 0.2) is 18.3 Å². The van der Waals surface area contributed by atoms with Crippen molar-refractivity contribution < 1.29 is 33.0 Å². The summed E-state index contributed by atoms with van der Waals surface area (Å²) in [5, 5.41) is 16.3. The molecule has 1 amide bonds. The lowest BCUT2D eigenvalue weighted by atomic mass is 9.87. The fourth-order valence-electron chi connectivity index (χ4n) is 5.00. The number of aliphatic carboxylic acids is 1. The second kappa shape index (κ2) is 11.7. The maximum absolute atomic E-state index is 13.9. The molecule has 11 heteroatoms. The van der Waals surface area contributed by atoms with Gasteiger partial charge in [0.25, 0.3) is 6.43 Å². The Morgan fingerprint density at radius 2 is 1.97 bits per heavy atom. The zero-order chi connectivity index (χ0) is 25.7. The third-order valence-corrected chi connectivity index (χ3v) is 7.05. The molecule has 0 unspecified atom stereocenters. The van der Waals surface area contributed by atoms with Crippen LogP contribution in [-0.2, 0) is 23.2 Å². The highest BCUT2D eigenvalue weighted by molar-refractivity contribution is 5.70. The summed E-state index contributed by atoms with van der Waals surface area (Å²) in [6.07, 6.45) is 4.25. The molecule has 2 aliphatic carbocycles. The molecule has 2 heterocycles. The van der Waals surface area contributed by atoms with Crippen molar-refractivity contribution in [1.29, 1.82) is 0 Å². The van der Waals surface area contributed by atoms with Crippen LogP contribution in [-0.4, -0.2) is 44.6 Å². The molecule has 0 radical (unpaired) electrons. The Labute approximate surface area is 208 Å². The van der Waals surface area contributed by atoms with E-state index in [4.69, 9.17) is 9.47 Å². The van der Waals surface area contributed by atoms with E-state index in [1.807, 2.05) is 0 Å². The number of hydrogen-bond donors (Lipinski definition) is 2. The third-order valence-electron chi connectivity index (χ3n) is 7.05. The Hall–Kier alpha value is -3.24. The minimum Gasteiger partial charge on any atom is -0.488 e. The molecule has 2 aliphatic rings. The van der Waals surface area contributed by atoms with E-state index in [-0.39, 0.29) is 24.5 Å². The number of amides is 1. The largest absolute Gasteiger partial charge is 0.488 e. The Morgan fingerprint density at radius 1 is 1.19 bits per heavy atom. The number of aromatic nitrogens is 3. The van der Waals surface area contributed by atoms with Gasteiger partial charge in [0.05, 0.1) is 29.6 Å². The molecule has 0 bridgehead atoms. The summed E-state index contributed by atoms with van der Waals surface area (Å²) in [5.41, 5.74) is 0.722. The van der Waals surface area contributed by atoms with Crippen LogP contribution in [0.2, 0.25) is 0 Å². The summed E-state index contributed by atoms with van der Waals surface area (Å²) in [6.45, 7) is 0.483. The number of carboxylic acid groups (broad SMARTS) is 1. The van der Waals surface area contributed by atoms with E-state index >= 15 is 0 Å². The first-order valence-electron chi connectivity index (χ1n) is 12.4. The second-order valence-corrected chi connectivity index (χ2v) is 9.56. The number of ether oxygens (including phenoxy) is 2. The fraction of sp³-hybridized carbons (Fsp3) is 0.600. The van der Waals surface area contributed by atoms with Crippen LogP contribution < -0.4 is 10.1 Å². The van der Waals surface area contributed by atoms with Crippen LogP contribution in [0.25, 0.3) is 11.3 Å². The first-order chi connectivity index (χ1) is 17.3. The average molecular weight is 507 g/mol. The molecule has 9 nitrogen and oxygen atoms in total. The van der Waals surface area contributed by atoms with Gasteiger partial charge in [0, 0.05) is 19.2 Å². The number of pyridine rings is 1. The molecule has 36 heavy (non-hydrogen) atoms. The van der Waals surface area contributed by atoms with Gasteiger partial charge in [-0.2, -0.15) is 5.10 Å². The molecule has 2 aromatic heterocycles. The lowest BCUT2D eigenvalue weighted by Gasteiger charge is -2.28. The molecule has 0 aromatic carbocycles. The van der Waals surface area contributed by atoms with Gasteiger partial charge < -0.3 is 19.9 Å². The van der Waals surface area contributed by atoms with Crippen LogP contribution in [0.4, 0.5) is 13.6 Å². The molecule has 196 valence electrons. The normalized spacial score (nSPS) is 20.4. The van der Waals surface area contributed by atoms with E-state index in [0.29, 0.717) is 43.0 Å². The number of nitrogens with one attached hydrogen (secondary N) is 1. The van der Waals surface area contributed by atoms with Gasteiger partial charge in [-0.3, -0.25) is 9.48 Å². The highest BCUT2D eigenvalue weighted by atomic mass is 19.3. The lowest BCUT2D eigenvalue weighted by molar-refractivity contribution is -0.143. The Bertz CT molecular complexity index is 1070. The predicted molar refractivity (Wildman–Crippen MR) is 126 cm³/mol. The quantitative estimate of drug-likeness (QED) is 0.499. The third kappa shape index (κ3) is 6.30. The zero-order valence-electron chi connectivity index (χ0n) is 20.3. The number of nitrogens with zero attached hydrogens (tertiary/aromatic N) is 3. The SMILES string of the molecule is Cn1ncc(-c2ccc(O[C@H]3CCC[C@H](C(=O)O)C3)c(C(F)F)n2)c1COC(=O)NCC1CCCC1. The molecular weight excluding hydrogens is 474 g/mol. The fourth-order valence-corrected chi connectivity index (χ4v) is 5.00. The van der Waals surface area contributed by atoms with E-state index in [2.05, 4.69) is 15.4 Å². The standard InChI is InChI=1S/C25H32F2N4O5/c1-31-20(14-35-25(34)28-12-15-5-2-3-6-15)18(13-29-31)19-9-10-21(22(30-19)23(26)27)36-17-8-4-7-16(11-17)24(32)33/h9-10,13,15-17,23H,2-8,11-12,14H2,1H3,(H,28,34)(H,32,33)/t16-,17-/m0/s1. The summed E-state index contributed by atoms with van der Waals surface area (Å²) in [6, 6.07) is 2.99. The number of halogens is 2. The number of carboxylic acids is 1. The van der Waals surface area contributed by atoms with Gasteiger partial charge in [0.2, 0.25) is 0 Å². The predicted octanol–water partition coefficient (Wildman–Crippen LogP) is 4.86. The minimum absolute atomic E-state index is 0.0576. The molecule has 2 atom stereocenters. The summed E-state index contributed by atoms with van der Waals surface area (Å²) in [5.74, 6) is -1.02. The topological polar surface area (TPSA) is 116 Å². The highest BCUT2D eigenvalue weighted by Gasteiger charge is 2.30. The molecule has 2 saturated carbocycles. The maximum atomic E-state index is 13.9. The Balaban J connectivity index is 1.45. The van der Waals surface area contributed by atoms with Crippen LogP contribution in [0.3, 0.4) is 0 Å². The smallest absolute Gasteiger partial charge is 0.407 e. The zero-order valence-corrected chi connectivity index (χ0v) is 20.3. The molecule has 4 rings (SSSR count). The van der Waals surface area contributed by atoms with E-state index in [1.165, 1.54) is 29.8 Å². The molecule has 0 saturated heterocycles. The molecule has 2 fully saturated rings. The number of carbonyl (C=O) groups is 2. The molecule has 2 N–H and O–H groups in total. The van der Waals surface area contributed by atoms with E-state index in [9.17, 15) is 23.5 Å². The van der Waals surface area contributed by atoms with Gasteiger partial charge in [0.15, 0.2) is 0 Å². The maximum Gasteiger partial charge on any atom is 0.407 e. The number of carbonyl (C=O) groups excluding carboxylic acids is 1. The van der Waals surface area contributed by atoms with Gasteiger partial charge in [0.1, 0.15) is 18.1 Å². The van der Waals surface area contributed by atoms with Gasteiger partial charge >= 0.3 is 12.1 Å². The number of alkyl carbamates (subject to hydrolysis) is 1. The molecule has 0 spiro atoms. The van der Waals surface area contributed by atoms with Crippen LogP contribution in [0, 0.1) is 11.8 Å². The van der Waals surface area contributed by atoms with Gasteiger partial charge in [-0.05, 0) is 56.6 Å². The van der Waals surface area contributed by atoms with E-state index in [1.54, 1.807) is 13.1 Å². The van der Waals surface area contributed by atoms with Crippen molar-refractivity contribution >= 4 is 12.1 Å². The minimum atomic E-state index is -2.89. The van der Waals surface area contributed by atoms with Crippen LogP contribution in [0.1, 0.15) is 69.2 Å². The van der Waals surface area contributed by atoms with Crippen molar-refractivity contribution in [2.45, 2.75) is 70.5 Å². The van der Waals surface area contributed by atoms with Crippen molar-refractivity contribution in [3.8, 4) is 17.0 Å². The number of rotatable bonds is 9. The van der Waals surface area contributed by atoms with E-state index < -0.39 is 36.2 Å². The number of aryl methyl sites for hydroxylation is 1. The summed E-state index contributed by atoms with van der Waals surface area (Å²) >= 11 is 0. The highest BCUT2D eigenvalue weighted by Crippen LogP contribution is 2.35. The Kier molecular flexibility index (Phi) is 8.37. The first-order valence-corrected chi connectivity index (χ1v) is 12.4. The van der Waals surface area contributed by atoms with Crippen molar-refractivity contribution in [1.82, 2.24) is 20.1 Å². The average Bonchev–Trinajstić information content (AvgIpc) is 3.51. The van der Waals surface area contributed by atoms with Gasteiger partial charge in [-0.1, -0.05) is 12.8 Å². The molecule has 2 aromatic rings. The van der Waals surface area contributed by atoms with Gasteiger partial charge in [-0.15, -0.1) is 0 Å². The van der Waals surface area contributed by atoms with Gasteiger partial charge in [-0.25, -0.2) is 18.6 Å². The van der Waals surface area contributed by atoms with Crippen molar-refractivity contribution in [2.75, 3.05) is 6.54 Å². The second-order valence-electron chi connectivity index (χ2n) is 9.56. The number of hydrogen-bond acceptors (Lipinski definition) is 6. The first kappa shape index (κ1) is 25.8. The molecule has 0 aliphatic heterocycles. The number of alkyl halides is 2.